The number of rotatable bonds is 0. The Kier molecular flexibility index (Phi) is 1.26. The molecule has 1 rings (SSSR count). The van der Waals surface area contributed by atoms with Crippen LogP contribution in [0.15, 0.2) is 0 Å². The van der Waals surface area contributed by atoms with Gasteiger partial charge in [0.1, 0.15) is 0 Å². The van der Waals surface area contributed by atoms with Crippen molar-refractivity contribution in [2.45, 2.75) is 0 Å². The highest BCUT2D eigenvalue weighted by molar-refractivity contribution is 5.99. The number of nitrogens with one attached hydrogen (secondary N) is 2. The molecular formula is C4H6N2O2. The fourth-order valence-corrected chi connectivity index (χ4v) is 0.533. The van der Waals surface area contributed by atoms with Gasteiger partial charge in [0, 0.05) is 0 Å². The third kappa shape index (κ3) is 1.04. The number of carbonyl (C=O) groups excluding carboxylic acids is 2. The van der Waals surface area contributed by atoms with Gasteiger partial charge in [0.05, 0.1) is 13.1 Å². The average Bonchev–Trinajstić information content (AvgIpc) is 1.64. The Morgan fingerprint density at radius 1 is 1.12 bits per heavy atom. The van der Waals surface area contributed by atoms with Gasteiger partial charge in [-0.05, 0) is 0 Å². The van der Waals surface area contributed by atoms with Gasteiger partial charge in [-0.15, -0.1) is 0 Å². The first-order valence-electron chi connectivity index (χ1n) is 2.32. The van der Waals surface area contributed by atoms with E-state index in [0.29, 0.717) is 0 Å². The first kappa shape index (κ1) is 5.24. The lowest BCUT2D eigenvalue weighted by Crippen LogP contribution is -2.48. The van der Waals surface area contributed by atoms with Crippen LogP contribution in [0.25, 0.3) is 0 Å². The standard InChI is InChI=1S/C4H6N2O2/c7-3-1-5-2-4(8)6-3/h5H,1-2H2,(H,6,7,8). The van der Waals surface area contributed by atoms with Crippen molar-refractivity contribution >= 4 is 11.8 Å². The second-order valence-electron chi connectivity index (χ2n) is 1.57. The van der Waals surface area contributed by atoms with Gasteiger partial charge in [-0.1, -0.05) is 0 Å². The molecule has 0 aliphatic carbocycles. The highest BCUT2D eigenvalue weighted by Crippen LogP contribution is 1.72. The quantitative estimate of drug-likeness (QED) is 0.366. The minimum Gasteiger partial charge on any atom is -0.300 e. The summed E-state index contributed by atoms with van der Waals surface area (Å²) in [7, 11) is 0. The lowest BCUT2D eigenvalue weighted by molar-refractivity contribution is -0.131. The van der Waals surface area contributed by atoms with E-state index in [4.69, 9.17) is 0 Å². The lowest BCUT2D eigenvalue weighted by Gasteiger charge is -2.09. The van der Waals surface area contributed by atoms with Gasteiger partial charge < -0.3 is 0 Å². The second kappa shape index (κ2) is 1.92. The van der Waals surface area contributed by atoms with Crippen molar-refractivity contribution < 1.29 is 9.59 Å². The minimum atomic E-state index is -0.249. The maximum absolute atomic E-state index is 10.3. The molecule has 0 bridgehead atoms. The molecule has 4 nitrogen and oxygen atoms in total. The first-order valence-corrected chi connectivity index (χ1v) is 2.32. The maximum Gasteiger partial charge on any atom is 0.240 e. The van der Waals surface area contributed by atoms with Crippen LogP contribution in [-0.4, -0.2) is 24.9 Å². The summed E-state index contributed by atoms with van der Waals surface area (Å²) in [6.07, 6.45) is 0. The number of carbonyl (C=O) groups is 2. The summed E-state index contributed by atoms with van der Waals surface area (Å²) in [5, 5.41) is 4.76. The molecule has 1 aliphatic rings. The van der Waals surface area contributed by atoms with Gasteiger partial charge in [0.2, 0.25) is 11.8 Å². The molecular weight excluding hydrogens is 108 g/mol. The molecule has 0 spiro atoms. The van der Waals surface area contributed by atoms with Crippen LogP contribution >= 0.6 is 0 Å². The van der Waals surface area contributed by atoms with Crippen LogP contribution in [0.5, 0.6) is 0 Å². The molecule has 1 heterocycles. The van der Waals surface area contributed by atoms with E-state index in [0.717, 1.165) is 0 Å². The number of hydrogen-bond acceptors (Lipinski definition) is 3. The van der Waals surface area contributed by atoms with E-state index in [1.54, 1.807) is 0 Å². The normalized spacial score (nSPS) is 20.5. The van der Waals surface area contributed by atoms with Crippen LogP contribution in [0, 0.1) is 0 Å². The fraction of sp³-hybridized carbons (Fsp3) is 0.500. The summed E-state index contributed by atoms with van der Waals surface area (Å²) < 4.78 is 0. The van der Waals surface area contributed by atoms with Gasteiger partial charge in [-0.2, -0.15) is 0 Å². The molecule has 8 heavy (non-hydrogen) atoms. The predicted octanol–water partition coefficient (Wildman–Crippen LogP) is -1.77. The van der Waals surface area contributed by atoms with Crippen LogP contribution in [0.3, 0.4) is 0 Å². The summed E-state index contributed by atoms with van der Waals surface area (Å²) in [5.41, 5.74) is 0. The zero-order valence-electron chi connectivity index (χ0n) is 4.23. The highest BCUT2D eigenvalue weighted by Gasteiger charge is 2.11. The van der Waals surface area contributed by atoms with Crippen LogP contribution in [0.2, 0.25) is 0 Å². The van der Waals surface area contributed by atoms with E-state index in [1.807, 2.05) is 0 Å². The fourth-order valence-electron chi connectivity index (χ4n) is 0.533. The van der Waals surface area contributed by atoms with Crippen molar-refractivity contribution in [2.75, 3.05) is 13.1 Å². The lowest BCUT2D eigenvalue weighted by atomic mass is 10.4. The Balaban J connectivity index is 2.45. The van der Waals surface area contributed by atoms with Gasteiger partial charge >= 0.3 is 0 Å². The Labute approximate surface area is 46.3 Å². The number of hydrogen-bond donors (Lipinski definition) is 2. The molecule has 2 N–H and O–H groups in total. The molecule has 44 valence electrons. The zero-order chi connectivity index (χ0) is 5.98. The van der Waals surface area contributed by atoms with E-state index >= 15 is 0 Å². The summed E-state index contributed by atoms with van der Waals surface area (Å²) >= 11 is 0. The van der Waals surface area contributed by atoms with Crippen molar-refractivity contribution in [1.82, 2.24) is 10.6 Å². The van der Waals surface area contributed by atoms with Crippen molar-refractivity contribution in [3.63, 3.8) is 0 Å². The van der Waals surface area contributed by atoms with Crippen LogP contribution in [-0.2, 0) is 9.59 Å². The summed E-state index contributed by atoms with van der Waals surface area (Å²) in [6, 6.07) is 0. The van der Waals surface area contributed by atoms with E-state index < -0.39 is 0 Å². The minimum absolute atomic E-state index is 0.249. The summed E-state index contributed by atoms with van der Waals surface area (Å²) in [4.78, 5) is 20.6. The Hall–Kier alpha value is -0.900. The molecule has 0 aromatic carbocycles. The Morgan fingerprint density at radius 3 is 1.88 bits per heavy atom. The van der Waals surface area contributed by atoms with E-state index in [1.165, 1.54) is 0 Å². The van der Waals surface area contributed by atoms with Crippen LogP contribution < -0.4 is 10.6 Å². The second-order valence-corrected chi connectivity index (χ2v) is 1.57. The SMILES string of the molecule is O=C1CNCC(=O)N1. The van der Waals surface area contributed by atoms with Crippen molar-refractivity contribution in [3.8, 4) is 0 Å². The first-order chi connectivity index (χ1) is 3.79. The average molecular weight is 114 g/mol. The number of imide groups is 1. The van der Waals surface area contributed by atoms with Crippen molar-refractivity contribution in [2.24, 2.45) is 0 Å². The molecule has 4 heteroatoms. The number of piperazine rings is 1. The topological polar surface area (TPSA) is 58.2 Å². The maximum atomic E-state index is 10.3. The zero-order valence-corrected chi connectivity index (χ0v) is 4.23. The molecule has 0 saturated carbocycles. The third-order valence-electron chi connectivity index (χ3n) is 0.850. The van der Waals surface area contributed by atoms with Crippen LogP contribution in [0.4, 0.5) is 0 Å². The third-order valence-corrected chi connectivity index (χ3v) is 0.850. The summed E-state index contributed by atoms with van der Waals surface area (Å²) in [6.45, 7) is 0.511. The molecule has 0 unspecified atom stereocenters. The highest BCUT2D eigenvalue weighted by atomic mass is 16.2. The molecule has 1 fully saturated rings. The molecule has 1 aliphatic heterocycles. The molecule has 0 aromatic heterocycles. The van der Waals surface area contributed by atoms with Gasteiger partial charge in [-0.3, -0.25) is 20.2 Å². The Bertz CT molecular complexity index is 118. The van der Waals surface area contributed by atoms with E-state index in [9.17, 15) is 9.59 Å². The number of amides is 2. The van der Waals surface area contributed by atoms with Gasteiger partial charge in [-0.25, -0.2) is 0 Å². The van der Waals surface area contributed by atoms with Gasteiger partial charge in [0.25, 0.3) is 0 Å². The monoisotopic (exact) mass is 114 g/mol. The molecule has 0 atom stereocenters. The molecule has 0 radical (unpaired) electrons. The Morgan fingerprint density at radius 2 is 1.62 bits per heavy atom. The predicted molar refractivity (Wildman–Crippen MR) is 26.0 cm³/mol. The summed E-state index contributed by atoms with van der Waals surface area (Å²) in [5.74, 6) is -0.498. The molecule has 2 amide bonds. The van der Waals surface area contributed by atoms with Gasteiger partial charge in [0.15, 0.2) is 0 Å². The smallest absolute Gasteiger partial charge is 0.240 e. The van der Waals surface area contributed by atoms with E-state index in [-0.39, 0.29) is 24.9 Å². The van der Waals surface area contributed by atoms with Crippen LogP contribution in [0.1, 0.15) is 0 Å². The molecule has 0 aromatic rings. The molecule has 1 saturated heterocycles. The largest absolute Gasteiger partial charge is 0.300 e. The van der Waals surface area contributed by atoms with Crippen molar-refractivity contribution in [3.05, 3.63) is 0 Å². The van der Waals surface area contributed by atoms with E-state index in [2.05, 4.69) is 10.6 Å². The van der Waals surface area contributed by atoms with Crippen molar-refractivity contribution in [1.29, 1.82) is 0 Å².